The number of alkyl halides is 3. The van der Waals surface area contributed by atoms with E-state index in [2.05, 4.69) is 20.6 Å². The number of amides is 3. The van der Waals surface area contributed by atoms with Crippen molar-refractivity contribution in [1.29, 1.82) is 0 Å². The van der Waals surface area contributed by atoms with Gasteiger partial charge in [0.2, 0.25) is 11.8 Å². The molecule has 2 aliphatic heterocycles. The van der Waals surface area contributed by atoms with E-state index in [9.17, 15) is 27.6 Å². The molecule has 0 aliphatic carbocycles. The molecule has 0 saturated carbocycles. The van der Waals surface area contributed by atoms with Crippen molar-refractivity contribution in [3.05, 3.63) is 88.1 Å². The van der Waals surface area contributed by atoms with Crippen LogP contribution in [0.25, 0.3) is 0 Å². The minimum absolute atomic E-state index is 0.0376. The number of pyridine rings is 2. The molecule has 0 bridgehead atoms. The summed E-state index contributed by atoms with van der Waals surface area (Å²) >= 11 is 0. The first kappa shape index (κ1) is 28.2. The minimum atomic E-state index is -4.69. The van der Waals surface area contributed by atoms with Gasteiger partial charge in [-0.05, 0) is 49.1 Å². The molecule has 2 N–H and O–H groups in total. The summed E-state index contributed by atoms with van der Waals surface area (Å²) in [7, 11) is 0. The van der Waals surface area contributed by atoms with Gasteiger partial charge in [0.25, 0.3) is 5.91 Å². The Hall–Kier alpha value is -4.35. The van der Waals surface area contributed by atoms with Crippen LogP contribution in [0.15, 0.2) is 48.8 Å². The molecule has 214 valence electrons. The molecule has 0 spiro atoms. The van der Waals surface area contributed by atoms with E-state index < -0.39 is 48.4 Å². The number of nitrogens with one attached hydrogen (secondary N) is 2. The number of fused-ring (bicyclic) bond motifs is 2. The Bertz CT molecular complexity index is 1530. The summed E-state index contributed by atoms with van der Waals surface area (Å²) in [5.74, 6) is -2.93. The molecule has 1 saturated heterocycles. The van der Waals surface area contributed by atoms with Gasteiger partial charge >= 0.3 is 6.18 Å². The molecule has 1 fully saturated rings. The highest BCUT2D eigenvalue weighted by molar-refractivity contribution is 5.98. The van der Waals surface area contributed by atoms with E-state index in [1.54, 1.807) is 37.4 Å². The lowest BCUT2D eigenvalue weighted by Crippen LogP contribution is -2.59. The number of rotatable bonds is 4. The smallest absolute Gasteiger partial charge is 0.340 e. The van der Waals surface area contributed by atoms with Crippen LogP contribution in [0.5, 0.6) is 0 Å². The highest BCUT2D eigenvalue weighted by atomic mass is 19.4. The van der Waals surface area contributed by atoms with Crippen LogP contribution in [0.4, 0.5) is 23.4 Å². The van der Waals surface area contributed by atoms with Gasteiger partial charge in [0.15, 0.2) is 0 Å². The van der Waals surface area contributed by atoms with Crippen LogP contribution in [0, 0.1) is 12.7 Å². The fraction of sp³-hybridized carbons (Fsp3) is 0.345. The molecule has 8 nitrogen and oxygen atoms in total. The van der Waals surface area contributed by atoms with E-state index in [4.69, 9.17) is 0 Å². The first-order valence-corrected chi connectivity index (χ1v) is 13.1. The quantitative estimate of drug-likeness (QED) is 0.461. The summed E-state index contributed by atoms with van der Waals surface area (Å²) in [5, 5.41) is 5.27. The maximum Gasteiger partial charge on any atom is 0.406 e. The monoisotopic (exact) mass is 569 g/mol. The number of carbonyl (C=O) groups excluding carboxylic acids is 3. The van der Waals surface area contributed by atoms with E-state index in [0.717, 1.165) is 5.56 Å². The molecule has 0 radical (unpaired) electrons. The predicted molar refractivity (Wildman–Crippen MR) is 141 cm³/mol. The number of benzene rings is 1. The molecule has 0 unspecified atom stereocenters. The van der Waals surface area contributed by atoms with E-state index in [1.165, 1.54) is 25.3 Å². The Labute approximate surface area is 233 Å². The Balaban J connectivity index is 1.43. The Morgan fingerprint density at radius 1 is 1.12 bits per heavy atom. The summed E-state index contributed by atoms with van der Waals surface area (Å²) in [6.45, 7) is 1.47. The van der Waals surface area contributed by atoms with Crippen LogP contribution in [0.2, 0.25) is 0 Å². The number of hydrogen-bond donors (Lipinski definition) is 2. The number of aryl methyl sites for hydroxylation is 1. The summed E-state index contributed by atoms with van der Waals surface area (Å²) in [4.78, 5) is 48.3. The van der Waals surface area contributed by atoms with Gasteiger partial charge in [-0.3, -0.25) is 19.4 Å². The second-order valence-corrected chi connectivity index (χ2v) is 10.4. The summed E-state index contributed by atoms with van der Waals surface area (Å²) in [6, 6.07) is 7.35. The van der Waals surface area contributed by atoms with Crippen LogP contribution in [0.3, 0.4) is 0 Å². The van der Waals surface area contributed by atoms with Crippen LogP contribution >= 0.6 is 0 Å². The van der Waals surface area contributed by atoms with Gasteiger partial charge in [0, 0.05) is 42.0 Å². The van der Waals surface area contributed by atoms with Gasteiger partial charge < -0.3 is 15.5 Å². The number of likely N-dealkylation sites (tertiary alicyclic amines) is 1. The average Bonchev–Trinajstić information content (AvgIpc) is 2.90. The van der Waals surface area contributed by atoms with Crippen molar-refractivity contribution < 1.29 is 31.9 Å². The molecule has 4 heterocycles. The van der Waals surface area contributed by atoms with Crippen molar-refractivity contribution in [2.45, 2.75) is 57.3 Å². The molecule has 3 amide bonds. The maximum atomic E-state index is 15.1. The number of anilines is 1. The Morgan fingerprint density at radius 2 is 1.90 bits per heavy atom. The normalized spacial score (nSPS) is 20.8. The van der Waals surface area contributed by atoms with Crippen LogP contribution < -0.4 is 10.6 Å². The third kappa shape index (κ3) is 5.91. The van der Waals surface area contributed by atoms with E-state index >= 15 is 4.39 Å². The molecule has 1 aromatic carbocycles. The Morgan fingerprint density at radius 3 is 2.66 bits per heavy atom. The molecule has 12 heteroatoms. The highest BCUT2D eigenvalue weighted by Gasteiger charge is 2.46. The maximum absolute atomic E-state index is 15.1. The van der Waals surface area contributed by atoms with Gasteiger partial charge in [-0.1, -0.05) is 24.3 Å². The lowest BCUT2D eigenvalue weighted by atomic mass is 9.81. The second-order valence-electron chi connectivity index (χ2n) is 10.4. The standard InChI is InChI=1S/C29H27F4N5O3/c1-15-5-3-7-20(25(15)30)21-12-23(28(41)38(16(21)2)14-29(31,32)33)36-27(40)19-9-18-11-24(39)37-26-17(6-4-8-34-26)10-22(18)35-13-19/h3-9,13,16,21,23H,10-12,14H2,1-2H3,(H,36,40)(H,34,37,39)/t16-,21-,23+/m1/s1. The average molecular weight is 570 g/mol. The van der Waals surface area contributed by atoms with Gasteiger partial charge in [-0.25, -0.2) is 9.37 Å². The molecule has 41 heavy (non-hydrogen) atoms. The van der Waals surface area contributed by atoms with Crippen molar-refractivity contribution in [1.82, 2.24) is 20.2 Å². The van der Waals surface area contributed by atoms with Crippen LogP contribution in [0.1, 0.15) is 57.6 Å². The zero-order valence-electron chi connectivity index (χ0n) is 22.3. The lowest BCUT2D eigenvalue weighted by molar-refractivity contribution is -0.170. The molecule has 3 atom stereocenters. The number of hydrogen-bond acceptors (Lipinski definition) is 5. The predicted octanol–water partition coefficient (Wildman–Crippen LogP) is 4.07. The van der Waals surface area contributed by atoms with E-state index in [-0.39, 0.29) is 29.9 Å². The zero-order valence-corrected chi connectivity index (χ0v) is 22.3. The largest absolute Gasteiger partial charge is 0.406 e. The van der Waals surface area contributed by atoms with E-state index in [1.807, 2.05) is 0 Å². The lowest BCUT2D eigenvalue weighted by Gasteiger charge is -2.43. The van der Waals surface area contributed by atoms with Crippen molar-refractivity contribution in [2.24, 2.45) is 0 Å². The molecule has 5 rings (SSSR count). The number of piperidine rings is 1. The number of halogens is 4. The first-order valence-electron chi connectivity index (χ1n) is 13.1. The number of carbonyl (C=O) groups is 3. The van der Waals surface area contributed by atoms with Crippen molar-refractivity contribution >= 4 is 23.5 Å². The van der Waals surface area contributed by atoms with Crippen molar-refractivity contribution in [3.8, 4) is 0 Å². The summed E-state index contributed by atoms with van der Waals surface area (Å²) in [6.07, 6.45) is -1.65. The molecule has 2 aliphatic rings. The molecular formula is C29H27F4N5O3. The third-order valence-corrected chi connectivity index (χ3v) is 7.60. The topological polar surface area (TPSA) is 104 Å². The molecule has 2 aromatic heterocycles. The zero-order chi connectivity index (χ0) is 29.5. The van der Waals surface area contributed by atoms with Gasteiger partial charge in [-0.2, -0.15) is 13.2 Å². The fourth-order valence-corrected chi connectivity index (χ4v) is 5.49. The second kappa shape index (κ2) is 10.9. The fourth-order valence-electron chi connectivity index (χ4n) is 5.49. The van der Waals surface area contributed by atoms with E-state index in [0.29, 0.717) is 34.0 Å². The van der Waals surface area contributed by atoms with Gasteiger partial charge in [-0.15, -0.1) is 0 Å². The highest BCUT2D eigenvalue weighted by Crippen LogP contribution is 2.37. The summed E-state index contributed by atoms with van der Waals surface area (Å²) in [5.41, 5.74) is 2.35. The first-order chi connectivity index (χ1) is 19.4. The number of nitrogens with zero attached hydrogens (tertiary/aromatic N) is 3. The Kier molecular flexibility index (Phi) is 7.50. The van der Waals surface area contributed by atoms with Crippen molar-refractivity contribution in [2.75, 3.05) is 11.9 Å². The van der Waals surface area contributed by atoms with Crippen LogP contribution in [-0.2, 0) is 22.4 Å². The van der Waals surface area contributed by atoms with Crippen LogP contribution in [-0.4, -0.2) is 57.4 Å². The van der Waals surface area contributed by atoms with Gasteiger partial charge in [0.05, 0.1) is 12.0 Å². The van der Waals surface area contributed by atoms with Crippen molar-refractivity contribution in [3.63, 3.8) is 0 Å². The minimum Gasteiger partial charge on any atom is -0.340 e. The number of aromatic nitrogens is 2. The third-order valence-electron chi connectivity index (χ3n) is 7.60. The molecule has 3 aromatic rings. The summed E-state index contributed by atoms with van der Waals surface area (Å²) < 4.78 is 55.4. The molecular weight excluding hydrogens is 542 g/mol. The SMILES string of the molecule is Cc1cccc([C@@H]2C[C@H](NC(=O)c3cnc4c(c3)CC(=O)Nc3ncccc3C4)C(=O)N(CC(F)(F)F)[C@@H]2C)c1F. The van der Waals surface area contributed by atoms with Gasteiger partial charge in [0.1, 0.15) is 24.2 Å².